The van der Waals surface area contributed by atoms with Crippen molar-refractivity contribution in [2.24, 2.45) is 5.73 Å². The molecule has 1 nitrogen and oxygen atoms in total. The van der Waals surface area contributed by atoms with Crippen LogP contribution in [-0.2, 0) is 5.41 Å². The fraction of sp³-hybridized carbons (Fsp3) is 0.571. The molecule has 0 heterocycles. The Morgan fingerprint density at radius 2 is 2.00 bits per heavy atom. The molecule has 1 aromatic carbocycles. The maximum Gasteiger partial charge on any atom is 0.0438 e. The van der Waals surface area contributed by atoms with E-state index < -0.39 is 0 Å². The number of hydrogen-bond donors (Lipinski definition) is 1. The lowest BCUT2D eigenvalue weighted by Crippen LogP contribution is -2.25. The molecule has 0 amide bonds. The predicted octanol–water partition coefficient (Wildman–Crippen LogP) is 3.81. The molecular formula is C14H20ClN. The average molecular weight is 238 g/mol. The van der Waals surface area contributed by atoms with Crippen LogP contribution in [0.25, 0.3) is 0 Å². The minimum absolute atomic E-state index is 0.312. The van der Waals surface area contributed by atoms with Gasteiger partial charge in [-0.2, -0.15) is 0 Å². The van der Waals surface area contributed by atoms with Crippen LogP contribution >= 0.6 is 11.6 Å². The lowest BCUT2D eigenvalue weighted by atomic mass is 9.76. The Labute approximate surface area is 103 Å². The van der Waals surface area contributed by atoms with Crippen molar-refractivity contribution in [3.05, 3.63) is 34.3 Å². The molecule has 88 valence electrons. The number of nitrogens with two attached hydrogens (primary N) is 1. The summed E-state index contributed by atoms with van der Waals surface area (Å²) in [6, 6.07) is 6.52. The smallest absolute Gasteiger partial charge is 0.0438 e. The first kappa shape index (κ1) is 11.9. The summed E-state index contributed by atoms with van der Waals surface area (Å²) in [5.74, 6) is 0. The Kier molecular flexibility index (Phi) is 3.56. The van der Waals surface area contributed by atoms with Gasteiger partial charge in [0.25, 0.3) is 0 Å². The third-order valence-corrected chi connectivity index (χ3v) is 4.37. The summed E-state index contributed by atoms with van der Waals surface area (Å²) in [6.45, 7) is 2.82. The maximum atomic E-state index is 6.22. The minimum atomic E-state index is 0.312. The fourth-order valence-electron chi connectivity index (χ4n) is 2.93. The van der Waals surface area contributed by atoms with Crippen LogP contribution < -0.4 is 5.73 Å². The zero-order valence-electron chi connectivity index (χ0n) is 9.93. The van der Waals surface area contributed by atoms with Crippen molar-refractivity contribution >= 4 is 11.6 Å². The summed E-state index contributed by atoms with van der Waals surface area (Å²) in [6.07, 6.45) is 6.27. The molecule has 0 unspecified atom stereocenters. The summed E-state index contributed by atoms with van der Waals surface area (Å²) < 4.78 is 0. The molecule has 2 N–H and O–H groups in total. The SMILES string of the molecule is Cc1ccc(C2(CCN)CCCC2)cc1Cl. The molecule has 0 aliphatic heterocycles. The Bertz CT molecular complexity index is 367. The van der Waals surface area contributed by atoms with Crippen molar-refractivity contribution in [3.63, 3.8) is 0 Å². The van der Waals surface area contributed by atoms with Gasteiger partial charge in [-0.15, -0.1) is 0 Å². The Balaban J connectivity index is 2.35. The average Bonchev–Trinajstić information content (AvgIpc) is 2.72. The highest BCUT2D eigenvalue weighted by molar-refractivity contribution is 6.31. The topological polar surface area (TPSA) is 26.0 Å². The van der Waals surface area contributed by atoms with Gasteiger partial charge < -0.3 is 5.73 Å². The maximum absolute atomic E-state index is 6.22. The van der Waals surface area contributed by atoms with Crippen LogP contribution in [0.3, 0.4) is 0 Å². The van der Waals surface area contributed by atoms with Gasteiger partial charge in [-0.3, -0.25) is 0 Å². The van der Waals surface area contributed by atoms with Crippen molar-refractivity contribution in [2.45, 2.75) is 44.4 Å². The van der Waals surface area contributed by atoms with Crippen LogP contribution in [0.15, 0.2) is 18.2 Å². The molecule has 2 rings (SSSR count). The van der Waals surface area contributed by atoms with Crippen LogP contribution in [0.5, 0.6) is 0 Å². The second kappa shape index (κ2) is 4.77. The molecule has 0 radical (unpaired) electrons. The van der Waals surface area contributed by atoms with Crippen molar-refractivity contribution in [1.82, 2.24) is 0 Å². The van der Waals surface area contributed by atoms with Crippen molar-refractivity contribution in [3.8, 4) is 0 Å². The molecule has 0 atom stereocenters. The van der Waals surface area contributed by atoms with E-state index in [0.717, 1.165) is 23.6 Å². The van der Waals surface area contributed by atoms with Crippen molar-refractivity contribution < 1.29 is 0 Å². The molecule has 1 aromatic rings. The number of benzene rings is 1. The molecule has 1 fully saturated rings. The summed E-state index contributed by atoms with van der Waals surface area (Å²) in [5, 5.41) is 0.890. The third kappa shape index (κ3) is 2.11. The molecule has 1 aliphatic carbocycles. The highest BCUT2D eigenvalue weighted by atomic mass is 35.5. The van der Waals surface area contributed by atoms with Gasteiger partial charge in [0.1, 0.15) is 0 Å². The van der Waals surface area contributed by atoms with Gasteiger partial charge in [0, 0.05) is 5.02 Å². The second-order valence-electron chi connectivity index (χ2n) is 4.99. The molecular weight excluding hydrogens is 218 g/mol. The largest absolute Gasteiger partial charge is 0.330 e. The Morgan fingerprint density at radius 3 is 2.56 bits per heavy atom. The van der Waals surface area contributed by atoms with Gasteiger partial charge in [0.15, 0.2) is 0 Å². The van der Waals surface area contributed by atoms with Gasteiger partial charge in [0.05, 0.1) is 0 Å². The van der Waals surface area contributed by atoms with Gasteiger partial charge in [-0.25, -0.2) is 0 Å². The predicted molar refractivity (Wildman–Crippen MR) is 70.0 cm³/mol. The summed E-state index contributed by atoms with van der Waals surface area (Å²) in [5.41, 5.74) is 8.63. The number of aryl methyl sites for hydroxylation is 1. The third-order valence-electron chi connectivity index (χ3n) is 3.97. The van der Waals surface area contributed by atoms with E-state index in [4.69, 9.17) is 17.3 Å². The van der Waals surface area contributed by atoms with Crippen LogP contribution in [0.1, 0.15) is 43.2 Å². The standard InChI is InChI=1S/C14H20ClN/c1-11-4-5-12(10-13(11)15)14(8-9-16)6-2-3-7-14/h4-5,10H,2-3,6-9,16H2,1H3. The van der Waals surface area contributed by atoms with E-state index in [1.807, 2.05) is 0 Å². The van der Waals surface area contributed by atoms with Crippen molar-refractivity contribution in [1.29, 1.82) is 0 Å². The van der Waals surface area contributed by atoms with E-state index in [2.05, 4.69) is 25.1 Å². The molecule has 1 saturated carbocycles. The summed E-state index contributed by atoms with van der Waals surface area (Å²) in [7, 11) is 0. The normalized spacial score (nSPS) is 18.9. The van der Waals surface area contributed by atoms with Gasteiger partial charge in [-0.05, 0) is 55.3 Å². The van der Waals surface area contributed by atoms with Gasteiger partial charge in [0.2, 0.25) is 0 Å². The zero-order valence-corrected chi connectivity index (χ0v) is 10.7. The molecule has 0 bridgehead atoms. The molecule has 0 spiro atoms. The van der Waals surface area contributed by atoms with E-state index >= 15 is 0 Å². The quantitative estimate of drug-likeness (QED) is 0.850. The molecule has 16 heavy (non-hydrogen) atoms. The van der Waals surface area contributed by atoms with Crippen LogP contribution in [0.2, 0.25) is 5.02 Å². The monoisotopic (exact) mass is 237 g/mol. The van der Waals surface area contributed by atoms with Crippen LogP contribution in [0.4, 0.5) is 0 Å². The number of rotatable bonds is 3. The lowest BCUT2D eigenvalue weighted by Gasteiger charge is -2.29. The minimum Gasteiger partial charge on any atom is -0.330 e. The first-order chi connectivity index (χ1) is 7.68. The van der Waals surface area contributed by atoms with Crippen molar-refractivity contribution in [2.75, 3.05) is 6.54 Å². The van der Waals surface area contributed by atoms with Crippen LogP contribution in [-0.4, -0.2) is 6.54 Å². The molecule has 0 saturated heterocycles. The van der Waals surface area contributed by atoms with E-state index in [0.29, 0.717) is 5.41 Å². The van der Waals surface area contributed by atoms with E-state index in [1.165, 1.54) is 31.2 Å². The highest BCUT2D eigenvalue weighted by Gasteiger charge is 2.34. The molecule has 2 heteroatoms. The first-order valence-corrected chi connectivity index (χ1v) is 6.52. The second-order valence-corrected chi connectivity index (χ2v) is 5.40. The number of hydrogen-bond acceptors (Lipinski definition) is 1. The molecule has 0 aromatic heterocycles. The van der Waals surface area contributed by atoms with Gasteiger partial charge >= 0.3 is 0 Å². The lowest BCUT2D eigenvalue weighted by molar-refractivity contribution is 0.412. The zero-order chi connectivity index (χ0) is 11.6. The highest BCUT2D eigenvalue weighted by Crippen LogP contribution is 2.44. The fourth-order valence-corrected chi connectivity index (χ4v) is 3.11. The Morgan fingerprint density at radius 1 is 1.31 bits per heavy atom. The van der Waals surface area contributed by atoms with Gasteiger partial charge in [-0.1, -0.05) is 36.6 Å². The molecule has 1 aliphatic rings. The summed E-state index contributed by atoms with van der Waals surface area (Å²) in [4.78, 5) is 0. The Hall–Kier alpha value is -0.530. The van der Waals surface area contributed by atoms with Crippen LogP contribution in [0, 0.1) is 6.92 Å². The van der Waals surface area contributed by atoms with E-state index in [1.54, 1.807) is 0 Å². The van der Waals surface area contributed by atoms with E-state index in [-0.39, 0.29) is 0 Å². The number of halogens is 1. The summed E-state index contributed by atoms with van der Waals surface area (Å²) >= 11 is 6.22. The first-order valence-electron chi connectivity index (χ1n) is 6.15. The van der Waals surface area contributed by atoms with E-state index in [9.17, 15) is 0 Å².